The van der Waals surface area contributed by atoms with Gasteiger partial charge in [-0.3, -0.25) is 0 Å². The third-order valence-corrected chi connectivity index (χ3v) is 3.67. The minimum absolute atomic E-state index is 0.0254. The fraction of sp³-hybridized carbons (Fsp3) is 0.222. The highest BCUT2D eigenvalue weighted by Crippen LogP contribution is 2.31. The van der Waals surface area contributed by atoms with Gasteiger partial charge in [0, 0.05) is 11.3 Å². The fourth-order valence-electron chi connectivity index (χ4n) is 2.39. The molecule has 1 atom stereocenters. The van der Waals surface area contributed by atoms with Crippen molar-refractivity contribution in [3.63, 3.8) is 0 Å². The molecule has 0 aliphatic rings. The van der Waals surface area contributed by atoms with Crippen molar-refractivity contribution >= 4 is 17.5 Å². The van der Waals surface area contributed by atoms with Gasteiger partial charge in [-0.25, -0.2) is 4.79 Å². The summed E-state index contributed by atoms with van der Waals surface area (Å²) in [5.41, 5.74) is 7.12. The van der Waals surface area contributed by atoms with E-state index in [1.165, 1.54) is 7.11 Å². The second kappa shape index (κ2) is 8.61. The summed E-state index contributed by atoms with van der Waals surface area (Å²) < 4.78 is 10.7. The van der Waals surface area contributed by atoms with Crippen molar-refractivity contribution in [1.29, 1.82) is 0 Å². The lowest BCUT2D eigenvalue weighted by Crippen LogP contribution is -2.20. The molecule has 0 aliphatic heterocycles. The number of oxime groups is 1. The van der Waals surface area contributed by atoms with Gasteiger partial charge in [0.25, 0.3) is 0 Å². The van der Waals surface area contributed by atoms with Crippen molar-refractivity contribution in [3.05, 3.63) is 53.6 Å². The van der Waals surface area contributed by atoms with Crippen LogP contribution in [0.4, 0.5) is 5.69 Å². The number of methoxy groups -OCH3 is 1. The number of amidine groups is 1. The zero-order chi connectivity index (χ0) is 19.1. The van der Waals surface area contributed by atoms with Crippen LogP contribution in [0.3, 0.4) is 0 Å². The molecule has 0 radical (unpaired) electrons. The molecule has 0 saturated carbocycles. The van der Waals surface area contributed by atoms with E-state index in [2.05, 4.69) is 10.5 Å². The number of nitrogens with two attached hydrogens (primary N) is 1. The summed E-state index contributed by atoms with van der Waals surface area (Å²) in [7, 11) is 1.50. The lowest BCUT2D eigenvalue weighted by atomic mass is 10.1. The first-order valence-corrected chi connectivity index (χ1v) is 7.88. The lowest BCUT2D eigenvalue weighted by molar-refractivity contribution is -0.138. The quantitative estimate of drug-likeness (QED) is 0.247. The zero-order valence-corrected chi connectivity index (χ0v) is 14.5. The van der Waals surface area contributed by atoms with Gasteiger partial charge < -0.3 is 30.8 Å². The van der Waals surface area contributed by atoms with Crippen LogP contribution in [0.5, 0.6) is 11.5 Å². The number of benzene rings is 2. The Morgan fingerprint density at radius 1 is 1.23 bits per heavy atom. The lowest BCUT2D eigenvalue weighted by Gasteiger charge is -2.18. The van der Waals surface area contributed by atoms with Gasteiger partial charge in [-0.05, 0) is 48.9 Å². The first-order valence-electron chi connectivity index (χ1n) is 7.88. The van der Waals surface area contributed by atoms with Gasteiger partial charge in [-0.1, -0.05) is 11.2 Å². The van der Waals surface area contributed by atoms with E-state index in [1.807, 2.05) is 6.92 Å². The number of nitrogens with zero attached hydrogens (tertiary/aromatic N) is 1. The number of rotatable bonds is 8. The largest absolute Gasteiger partial charge is 0.493 e. The zero-order valence-electron chi connectivity index (χ0n) is 14.5. The van der Waals surface area contributed by atoms with Crippen molar-refractivity contribution in [1.82, 2.24) is 0 Å². The highest BCUT2D eigenvalue weighted by molar-refractivity contribution is 5.97. The molecule has 2 rings (SSSR count). The molecule has 0 saturated heterocycles. The molecule has 0 aliphatic carbocycles. The molecule has 138 valence electrons. The first kappa shape index (κ1) is 18.9. The number of hydrogen-bond acceptors (Lipinski definition) is 6. The smallest absolute Gasteiger partial charge is 0.330 e. The van der Waals surface area contributed by atoms with Gasteiger partial charge in [0.2, 0.25) is 0 Å². The third-order valence-electron chi connectivity index (χ3n) is 3.67. The van der Waals surface area contributed by atoms with Gasteiger partial charge >= 0.3 is 5.97 Å². The molecule has 2 aromatic rings. The maximum absolute atomic E-state index is 11.7. The van der Waals surface area contributed by atoms with Crippen molar-refractivity contribution in [2.75, 3.05) is 19.0 Å². The highest BCUT2D eigenvalue weighted by Gasteiger charge is 2.21. The van der Waals surface area contributed by atoms with Crippen LogP contribution in [0.25, 0.3) is 0 Å². The molecule has 26 heavy (non-hydrogen) atoms. The predicted octanol–water partition coefficient (Wildman–Crippen LogP) is 2.43. The Morgan fingerprint density at radius 2 is 1.92 bits per heavy atom. The number of carboxylic acid groups (broad SMARTS) is 1. The van der Waals surface area contributed by atoms with Gasteiger partial charge in [-0.15, -0.1) is 0 Å². The molecule has 0 bridgehead atoms. The van der Waals surface area contributed by atoms with Crippen molar-refractivity contribution in [2.45, 2.75) is 13.0 Å². The van der Waals surface area contributed by atoms with Crippen LogP contribution in [0.1, 0.15) is 24.1 Å². The molecule has 8 heteroatoms. The summed E-state index contributed by atoms with van der Waals surface area (Å²) in [5, 5.41) is 24.1. The van der Waals surface area contributed by atoms with E-state index in [-0.39, 0.29) is 5.84 Å². The third kappa shape index (κ3) is 4.35. The van der Waals surface area contributed by atoms with E-state index in [4.69, 9.17) is 20.4 Å². The van der Waals surface area contributed by atoms with Gasteiger partial charge in [0.05, 0.1) is 13.7 Å². The Morgan fingerprint density at radius 3 is 2.46 bits per heavy atom. The Kier molecular flexibility index (Phi) is 6.26. The number of nitrogens with one attached hydrogen (secondary N) is 1. The van der Waals surface area contributed by atoms with E-state index >= 15 is 0 Å². The average molecular weight is 359 g/mol. The van der Waals surface area contributed by atoms with Gasteiger partial charge in [0.1, 0.15) is 0 Å². The molecule has 1 unspecified atom stereocenters. The van der Waals surface area contributed by atoms with E-state index in [9.17, 15) is 9.90 Å². The average Bonchev–Trinajstić information content (AvgIpc) is 2.66. The Labute approximate surface area is 150 Å². The number of aliphatic carboxylic acids is 1. The molecule has 2 aromatic carbocycles. The predicted molar refractivity (Wildman–Crippen MR) is 97.1 cm³/mol. The van der Waals surface area contributed by atoms with Crippen molar-refractivity contribution in [2.24, 2.45) is 10.9 Å². The monoisotopic (exact) mass is 359 g/mol. The van der Waals surface area contributed by atoms with Crippen molar-refractivity contribution in [3.8, 4) is 11.5 Å². The summed E-state index contributed by atoms with van der Waals surface area (Å²) >= 11 is 0. The van der Waals surface area contributed by atoms with Crippen LogP contribution in [0.2, 0.25) is 0 Å². The molecule has 0 aromatic heterocycles. The maximum atomic E-state index is 11.7. The summed E-state index contributed by atoms with van der Waals surface area (Å²) in [6.45, 7) is 2.33. The molecule has 5 N–H and O–H groups in total. The Bertz CT molecular complexity index is 790. The fourth-order valence-corrected chi connectivity index (χ4v) is 2.39. The van der Waals surface area contributed by atoms with E-state index < -0.39 is 12.0 Å². The second-order valence-electron chi connectivity index (χ2n) is 5.32. The summed E-state index contributed by atoms with van der Waals surface area (Å²) in [6.07, 6.45) is 0. The van der Waals surface area contributed by atoms with Gasteiger partial charge in [0.15, 0.2) is 23.4 Å². The molecular weight excluding hydrogens is 338 g/mol. The summed E-state index contributed by atoms with van der Waals surface area (Å²) in [5.74, 6) is -0.0648. The van der Waals surface area contributed by atoms with Crippen LogP contribution >= 0.6 is 0 Å². The second-order valence-corrected chi connectivity index (χ2v) is 5.32. The molecule has 0 spiro atoms. The molecular formula is C18H21N3O5. The molecule has 0 amide bonds. The number of anilines is 1. The van der Waals surface area contributed by atoms with Crippen LogP contribution in [-0.4, -0.2) is 35.8 Å². The van der Waals surface area contributed by atoms with Gasteiger partial charge in [-0.2, -0.15) is 0 Å². The van der Waals surface area contributed by atoms with E-state index in [0.29, 0.717) is 34.9 Å². The van der Waals surface area contributed by atoms with Crippen LogP contribution in [-0.2, 0) is 4.79 Å². The van der Waals surface area contributed by atoms with E-state index in [1.54, 1.807) is 42.5 Å². The number of carboxylic acids is 1. The Balaban J connectivity index is 2.28. The minimum Gasteiger partial charge on any atom is -0.493 e. The molecule has 0 fully saturated rings. The summed E-state index contributed by atoms with van der Waals surface area (Å²) in [6, 6.07) is 10.5. The normalized spacial score (nSPS) is 12.3. The summed E-state index contributed by atoms with van der Waals surface area (Å²) in [4.78, 5) is 11.7. The van der Waals surface area contributed by atoms with Crippen LogP contribution in [0, 0.1) is 0 Å². The maximum Gasteiger partial charge on any atom is 0.330 e. The standard InChI is InChI=1S/C18H21N3O5/c1-3-26-14-9-6-12(10-15(14)25-2)16(18(22)23)20-13-7-4-11(5-8-13)17(19)21-24/h4-10,16,20,24H,3H2,1-2H3,(H2,19,21)(H,22,23). The molecule has 0 heterocycles. The topological polar surface area (TPSA) is 126 Å². The number of hydrogen-bond donors (Lipinski definition) is 4. The Hall–Kier alpha value is -3.42. The van der Waals surface area contributed by atoms with Crippen molar-refractivity contribution < 1.29 is 24.6 Å². The number of ether oxygens (including phenoxy) is 2. The highest BCUT2D eigenvalue weighted by atomic mass is 16.5. The SMILES string of the molecule is CCOc1ccc(C(Nc2ccc(/C(N)=N\O)cc2)C(=O)O)cc1OC. The minimum atomic E-state index is -1.04. The molecule has 8 nitrogen and oxygen atoms in total. The number of carbonyl (C=O) groups is 1. The van der Waals surface area contributed by atoms with E-state index in [0.717, 1.165) is 0 Å². The van der Waals surface area contributed by atoms with Crippen LogP contribution in [0.15, 0.2) is 47.6 Å². The van der Waals surface area contributed by atoms with Crippen LogP contribution < -0.4 is 20.5 Å². The first-order chi connectivity index (χ1) is 12.5.